The van der Waals surface area contributed by atoms with Crippen LogP contribution in [0, 0.1) is 12.3 Å². The number of H-pyrrole nitrogens is 1. The number of aromatic amines is 1. The molecule has 0 saturated carbocycles. The molecule has 1 aliphatic rings. The lowest BCUT2D eigenvalue weighted by molar-refractivity contribution is -0.113. The standard InChI is InChI=1S/C22H23ClN6O3S/c1-13-19-20(24)29(16-8-3-4-9-17(16)32-12-23)22(26-21(19)28-27-13)33-11-18(30)25-14-6-5-7-15(10-14)31-2/h3-10,16-17,24H,11-12H2,1-2H3,(H,25,30)(H,27,28). The smallest absolute Gasteiger partial charge is 0.234 e. The molecule has 3 aromatic rings. The highest BCUT2D eigenvalue weighted by Crippen LogP contribution is 2.28. The summed E-state index contributed by atoms with van der Waals surface area (Å²) in [6.45, 7) is 1.84. The van der Waals surface area contributed by atoms with Gasteiger partial charge < -0.3 is 14.8 Å². The van der Waals surface area contributed by atoms with Gasteiger partial charge in [-0.25, -0.2) is 4.98 Å². The van der Waals surface area contributed by atoms with Gasteiger partial charge in [0, 0.05) is 17.4 Å². The normalized spacial score (nSPS) is 17.4. The van der Waals surface area contributed by atoms with Crippen LogP contribution in [0.4, 0.5) is 5.69 Å². The van der Waals surface area contributed by atoms with E-state index in [9.17, 15) is 4.79 Å². The molecule has 0 aliphatic heterocycles. The van der Waals surface area contributed by atoms with Gasteiger partial charge in [-0.3, -0.25) is 19.9 Å². The molecule has 1 aliphatic carbocycles. The molecule has 0 saturated heterocycles. The van der Waals surface area contributed by atoms with E-state index in [-0.39, 0.29) is 35.4 Å². The van der Waals surface area contributed by atoms with E-state index >= 15 is 0 Å². The SMILES string of the molecule is COc1cccc(NC(=O)CSc2nc3n[nH]c(C)c3c(=N)n2C2C=CC=CC2OCCl)c1. The molecular formula is C22H23ClN6O3S. The Labute approximate surface area is 199 Å². The van der Waals surface area contributed by atoms with Gasteiger partial charge in [-0.1, -0.05) is 53.7 Å². The van der Waals surface area contributed by atoms with Gasteiger partial charge >= 0.3 is 0 Å². The number of allylic oxidation sites excluding steroid dienone is 2. The third-order valence-electron chi connectivity index (χ3n) is 5.11. The van der Waals surface area contributed by atoms with Crippen LogP contribution >= 0.6 is 23.4 Å². The van der Waals surface area contributed by atoms with E-state index < -0.39 is 0 Å². The summed E-state index contributed by atoms with van der Waals surface area (Å²) in [4.78, 5) is 17.3. The number of nitrogens with one attached hydrogen (secondary N) is 3. The van der Waals surface area contributed by atoms with Crippen LogP contribution in [0.2, 0.25) is 0 Å². The minimum Gasteiger partial charge on any atom is -0.497 e. The number of aryl methyl sites for hydroxylation is 1. The molecule has 2 atom stereocenters. The second kappa shape index (κ2) is 10.2. The molecule has 0 fully saturated rings. The summed E-state index contributed by atoms with van der Waals surface area (Å²) in [5, 5.41) is 20.0. The Kier molecular flexibility index (Phi) is 7.17. The molecule has 33 heavy (non-hydrogen) atoms. The molecule has 2 aromatic heterocycles. The van der Waals surface area contributed by atoms with E-state index in [4.69, 9.17) is 26.5 Å². The number of carbonyl (C=O) groups excluding carboxylic acids is 1. The Bertz CT molecular complexity index is 1280. The number of ether oxygens (including phenoxy) is 2. The molecule has 172 valence electrons. The van der Waals surface area contributed by atoms with Crippen molar-refractivity contribution >= 4 is 46.0 Å². The Balaban J connectivity index is 1.64. The number of anilines is 1. The first kappa shape index (κ1) is 23.1. The van der Waals surface area contributed by atoms with E-state index in [1.54, 1.807) is 35.9 Å². The molecule has 11 heteroatoms. The third-order valence-corrected chi connectivity index (χ3v) is 6.19. The zero-order valence-electron chi connectivity index (χ0n) is 18.0. The van der Waals surface area contributed by atoms with E-state index in [1.807, 2.05) is 31.2 Å². The van der Waals surface area contributed by atoms with E-state index in [0.717, 1.165) is 5.69 Å². The quantitative estimate of drug-likeness (QED) is 0.254. The van der Waals surface area contributed by atoms with Crippen LogP contribution in [0.1, 0.15) is 11.7 Å². The van der Waals surface area contributed by atoms with Gasteiger partial charge in [0.2, 0.25) is 5.91 Å². The minimum atomic E-state index is -0.377. The maximum absolute atomic E-state index is 12.6. The van der Waals surface area contributed by atoms with Crippen molar-refractivity contribution < 1.29 is 14.3 Å². The number of alkyl halides is 1. The predicted octanol–water partition coefficient (Wildman–Crippen LogP) is 3.54. The number of hydrogen-bond donors (Lipinski definition) is 3. The number of halogens is 1. The number of thioether (sulfide) groups is 1. The number of fused-ring (bicyclic) bond motifs is 1. The highest BCUT2D eigenvalue weighted by molar-refractivity contribution is 7.99. The van der Waals surface area contributed by atoms with Crippen molar-refractivity contribution in [3.8, 4) is 5.75 Å². The predicted molar refractivity (Wildman–Crippen MR) is 128 cm³/mol. The fourth-order valence-electron chi connectivity index (χ4n) is 3.58. The van der Waals surface area contributed by atoms with Gasteiger partial charge in [0.15, 0.2) is 10.8 Å². The molecule has 0 spiro atoms. The first-order valence-electron chi connectivity index (χ1n) is 10.1. The number of carbonyl (C=O) groups is 1. The maximum atomic E-state index is 12.6. The van der Waals surface area contributed by atoms with Gasteiger partial charge in [-0.2, -0.15) is 5.10 Å². The lowest BCUT2D eigenvalue weighted by Crippen LogP contribution is -2.35. The molecule has 4 rings (SSSR count). The summed E-state index contributed by atoms with van der Waals surface area (Å²) < 4.78 is 12.6. The van der Waals surface area contributed by atoms with Crippen molar-refractivity contribution in [2.75, 3.05) is 24.2 Å². The first-order valence-corrected chi connectivity index (χ1v) is 11.6. The highest BCUT2D eigenvalue weighted by atomic mass is 35.5. The Morgan fingerprint density at radius 1 is 1.36 bits per heavy atom. The van der Waals surface area contributed by atoms with Crippen molar-refractivity contribution in [1.29, 1.82) is 5.41 Å². The Morgan fingerprint density at radius 2 is 2.18 bits per heavy atom. The first-order chi connectivity index (χ1) is 16.0. The lowest BCUT2D eigenvalue weighted by Gasteiger charge is -2.27. The second-order valence-corrected chi connectivity index (χ2v) is 8.39. The van der Waals surface area contributed by atoms with E-state index in [0.29, 0.717) is 27.6 Å². The minimum absolute atomic E-state index is 0.0130. The lowest BCUT2D eigenvalue weighted by atomic mass is 10.1. The Morgan fingerprint density at radius 3 is 2.97 bits per heavy atom. The van der Waals surface area contributed by atoms with Crippen LogP contribution in [0.25, 0.3) is 11.0 Å². The van der Waals surface area contributed by atoms with Gasteiger partial charge in [0.05, 0.1) is 24.3 Å². The largest absolute Gasteiger partial charge is 0.497 e. The molecular weight excluding hydrogens is 464 g/mol. The Hall–Kier alpha value is -3.08. The monoisotopic (exact) mass is 486 g/mol. The molecule has 0 bridgehead atoms. The summed E-state index contributed by atoms with van der Waals surface area (Å²) in [5.74, 6) is 0.533. The van der Waals surface area contributed by atoms with Gasteiger partial charge in [-0.15, -0.1) is 0 Å². The summed E-state index contributed by atoms with van der Waals surface area (Å²) >= 11 is 7.06. The zero-order valence-corrected chi connectivity index (χ0v) is 19.6. The molecule has 1 amide bonds. The van der Waals surface area contributed by atoms with Crippen molar-refractivity contribution in [1.82, 2.24) is 19.7 Å². The van der Waals surface area contributed by atoms with Gasteiger partial charge in [-0.05, 0) is 19.1 Å². The van der Waals surface area contributed by atoms with Crippen LogP contribution in [0.5, 0.6) is 5.75 Å². The number of rotatable bonds is 8. The number of benzene rings is 1. The number of hydrogen-bond acceptors (Lipinski definition) is 7. The topological polar surface area (TPSA) is 118 Å². The third kappa shape index (κ3) is 4.97. The van der Waals surface area contributed by atoms with Crippen molar-refractivity contribution in [3.05, 3.63) is 59.8 Å². The maximum Gasteiger partial charge on any atom is 0.234 e. The van der Waals surface area contributed by atoms with Crippen molar-refractivity contribution in [2.45, 2.75) is 24.2 Å². The molecule has 3 N–H and O–H groups in total. The van der Waals surface area contributed by atoms with Crippen LogP contribution in [0.3, 0.4) is 0 Å². The average molecular weight is 487 g/mol. The van der Waals surface area contributed by atoms with Crippen LogP contribution < -0.4 is 15.5 Å². The van der Waals surface area contributed by atoms with E-state index in [2.05, 4.69) is 20.5 Å². The summed E-state index contributed by atoms with van der Waals surface area (Å²) in [5.41, 5.74) is 2.04. The summed E-state index contributed by atoms with van der Waals surface area (Å²) in [6.07, 6.45) is 7.20. The zero-order chi connectivity index (χ0) is 23.4. The molecule has 1 aromatic carbocycles. The average Bonchev–Trinajstić information content (AvgIpc) is 3.19. The fourth-order valence-corrected chi connectivity index (χ4v) is 4.56. The van der Waals surface area contributed by atoms with Crippen LogP contribution in [-0.2, 0) is 9.53 Å². The number of nitrogens with zero attached hydrogens (tertiary/aromatic N) is 3. The number of aromatic nitrogens is 4. The summed E-state index contributed by atoms with van der Waals surface area (Å²) in [6, 6.07) is 6.80. The fraction of sp³-hybridized carbons (Fsp3) is 0.273. The molecule has 9 nitrogen and oxygen atoms in total. The van der Waals surface area contributed by atoms with E-state index in [1.165, 1.54) is 11.8 Å². The summed E-state index contributed by atoms with van der Waals surface area (Å²) in [7, 11) is 1.57. The van der Waals surface area contributed by atoms with Crippen LogP contribution in [0.15, 0.2) is 53.7 Å². The second-order valence-electron chi connectivity index (χ2n) is 7.23. The van der Waals surface area contributed by atoms with Crippen LogP contribution in [-0.4, -0.2) is 50.7 Å². The van der Waals surface area contributed by atoms with Gasteiger partial charge in [0.1, 0.15) is 23.4 Å². The number of methoxy groups -OCH3 is 1. The number of amides is 1. The van der Waals surface area contributed by atoms with Gasteiger partial charge in [0.25, 0.3) is 0 Å². The molecule has 0 radical (unpaired) electrons. The van der Waals surface area contributed by atoms with Crippen molar-refractivity contribution in [3.63, 3.8) is 0 Å². The highest BCUT2D eigenvalue weighted by Gasteiger charge is 2.26. The molecule has 2 heterocycles. The molecule has 2 unspecified atom stereocenters. The van der Waals surface area contributed by atoms with Crippen molar-refractivity contribution in [2.24, 2.45) is 0 Å².